The minimum atomic E-state index is 0.238. The van der Waals surface area contributed by atoms with E-state index in [1.165, 1.54) is 16.5 Å². The van der Waals surface area contributed by atoms with Gasteiger partial charge in [0.05, 0.1) is 0 Å². The molecule has 1 unspecified atom stereocenters. The van der Waals surface area contributed by atoms with E-state index >= 15 is 0 Å². The molecular formula is C15H23N3. The average Bonchev–Trinajstić information content (AvgIpc) is 2.64. The van der Waals surface area contributed by atoms with Gasteiger partial charge in [0.15, 0.2) is 0 Å². The van der Waals surface area contributed by atoms with Crippen LogP contribution in [-0.2, 0) is 13.5 Å². The number of fused-ring (bicyclic) bond motifs is 1. The molecule has 2 aromatic rings. The highest BCUT2D eigenvalue weighted by Crippen LogP contribution is 2.20. The standard InChI is InChI=1S/C15H23N3/c1-12(16)10-17(2)9-8-13-11-18(3)15-7-5-4-6-14(13)15/h4-7,11-12H,8-10,16H2,1-3H3. The highest BCUT2D eigenvalue weighted by molar-refractivity contribution is 5.83. The Balaban J connectivity index is 2.08. The summed E-state index contributed by atoms with van der Waals surface area (Å²) in [5.74, 6) is 0. The number of hydrogen-bond donors (Lipinski definition) is 1. The highest BCUT2D eigenvalue weighted by Gasteiger charge is 2.07. The Bertz CT molecular complexity index is 513. The molecule has 1 atom stereocenters. The molecule has 1 aromatic carbocycles. The molecule has 1 aromatic heterocycles. The Morgan fingerprint density at radius 1 is 1.33 bits per heavy atom. The Labute approximate surface area is 109 Å². The molecule has 0 spiro atoms. The van der Waals surface area contributed by atoms with E-state index < -0.39 is 0 Å². The van der Waals surface area contributed by atoms with Crippen LogP contribution in [0.25, 0.3) is 10.9 Å². The number of aryl methyl sites for hydroxylation is 1. The molecule has 0 amide bonds. The smallest absolute Gasteiger partial charge is 0.0480 e. The van der Waals surface area contributed by atoms with Crippen molar-refractivity contribution in [3.63, 3.8) is 0 Å². The SMILES string of the molecule is CC(N)CN(C)CCc1cn(C)c2ccccc12. The minimum absolute atomic E-state index is 0.238. The summed E-state index contributed by atoms with van der Waals surface area (Å²) >= 11 is 0. The van der Waals surface area contributed by atoms with E-state index in [9.17, 15) is 0 Å². The molecule has 3 heteroatoms. The van der Waals surface area contributed by atoms with Crippen LogP contribution in [0.4, 0.5) is 0 Å². The van der Waals surface area contributed by atoms with Gasteiger partial charge in [0, 0.05) is 43.3 Å². The molecule has 0 saturated heterocycles. The van der Waals surface area contributed by atoms with Gasteiger partial charge in [-0.25, -0.2) is 0 Å². The summed E-state index contributed by atoms with van der Waals surface area (Å²) in [6.07, 6.45) is 3.31. The second-order valence-electron chi connectivity index (χ2n) is 5.27. The van der Waals surface area contributed by atoms with E-state index in [0.29, 0.717) is 0 Å². The lowest BCUT2D eigenvalue weighted by molar-refractivity contribution is 0.321. The number of para-hydroxylation sites is 1. The maximum absolute atomic E-state index is 5.81. The summed E-state index contributed by atoms with van der Waals surface area (Å²) in [6.45, 7) is 4.05. The molecule has 2 N–H and O–H groups in total. The number of hydrogen-bond acceptors (Lipinski definition) is 2. The molecule has 0 aliphatic heterocycles. The van der Waals surface area contributed by atoms with Gasteiger partial charge in [-0.1, -0.05) is 18.2 Å². The van der Waals surface area contributed by atoms with E-state index in [-0.39, 0.29) is 6.04 Å². The molecule has 0 aliphatic carbocycles. The summed E-state index contributed by atoms with van der Waals surface area (Å²) in [5.41, 5.74) is 8.54. The Kier molecular flexibility index (Phi) is 4.04. The fourth-order valence-electron chi connectivity index (χ4n) is 2.52. The van der Waals surface area contributed by atoms with Crippen LogP contribution in [0.5, 0.6) is 0 Å². The van der Waals surface area contributed by atoms with Gasteiger partial charge >= 0.3 is 0 Å². The van der Waals surface area contributed by atoms with Crippen LogP contribution in [0.3, 0.4) is 0 Å². The second kappa shape index (κ2) is 5.55. The minimum Gasteiger partial charge on any atom is -0.350 e. The van der Waals surface area contributed by atoms with E-state index in [0.717, 1.165) is 19.5 Å². The summed E-state index contributed by atoms with van der Waals surface area (Å²) in [5, 5.41) is 1.37. The summed E-state index contributed by atoms with van der Waals surface area (Å²) in [4.78, 5) is 2.30. The molecule has 0 aliphatic rings. The van der Waals surface area contributed by atoms with Crippen LogP contribution >= 0.6 is 0 Å². The van der Waals surface area contributed by atoms with Crippen molar-refractivity contribution < 1.29 is 0 Å². The van der Waals surface area contributed by atoms with Crippen LogP contribution in [0, 0.1) is 0 Å². The second-order valence-corrected chi connectivity index (χ2v) is 5.27. The molecular weight excluding hydrogens is 222 g/mol. The van der Waals surface area contributed by atoms with Crippen LogP contribution in [0.1, 0.15) is 12.5 Å². The molecule has 0 fully saturated rings. The van der Waals surface area contributed by atoms with Gasteiger partial charge in [-0.05, 0) is 32.0 Å². The van der Waals surface area contributed by atoms with Crippen molar-refractivity contribution in [3.05, 3.63) is 36.0 Å². The predicted molar refractivity (Wildman–Crippen MR) is 77.8 cm³/mol. The zero-order valence-corrected chi connectivity index (χ0v) is 11.6. The first-order valence-corrected chi connectivity index (χ1v) is 6.55. The van der Waals surface area contributed by atoms with Gasteiger partial charge < -0.3 is 15.2 Å². The van der Waals surface area contributed by atoms with E-state index in [1.54, 1.807) is 0 Å². The third-order valence-corrected chi connectivity index (χ3v) is 3.34. The van der Waals surface area contributed by atoms with Crippen molar-refractivity contribution >= 4 is 10.9 Å². The summed E-state index contributed by atoms with van der Waals surface area (Å²) in [7, 11) is 4.24. The molecule has 0 bridgehead atoms. The first kappa shape index (κ1) is 13.1. The fraction of sp³-hybridized carbons (Fsp3) is 0.467. The van der Waals surface area contributed by atoms with Crippen molar-refractivity contribution in [2.45, 2.75) is 19.4 Å². The van der Waals surface area contributed by atoms with Crippen LogP contribution < -0.4 is 5.73 Å². The monoisotopic (exact) mass is 245 g/mol. The highest BCUT2D eigenvalue weighted by atomic mass is 15.1. The van der Waals surface area contributed by atoms with Crippen molar-refractivity contribution in [1.82, 2.24) is 9.47 Å². The number of nitrogens with two attached hydrogens (primary N) is 1. The fourth-order valence-corrected chi connectivity index (χ4v) is 2.52. The van der Waals surface area contributed by atoms with Gasteiger partial charge in [-0.2, -0.15) is 0 Å². The molecule has 0 saturated carbocycles. The lowest BCUT2D eigenvalue weighted by Crippen LogP contribution is -2.34. The maximum atomic E-state index is 5.81. The van der Waals surface area contributed by atoms with Gasteiger partial charge in [-0.15, -0.1) is 0 Å². The predicted octanol–water partition coefficient (Wildman–Crippen LogP) is 2.00. The number of benzene rings is 1. The molecule has 1 heterocycles. The van der Waals surface area contributed by atoms with Crippen LogP contribution in [-0.4, -0.2) is 35.6 Å². The zero-order valence-electron chi connectivity index (χ0n) is 11.6. The van der Waals surface area contributed by atoms with E-state index in [4.69, 9.17) is 5.73 Å². The van der Waals surface area contributed by atoms with Gasteiger partial charge in [0.2, 0.25) is 0 Å². The van der Waals surface area contributed by atoms with Crippen molar-refractivity contribution in [2.24, 2.45) is 12.8 Å². The van der Waals surface area contributed by atoms with Gasteiger partial charge in [0.1, 0.15) is 0 Å². The Morgan fingerprint density at radius 2 is 2.06 bits per heavy atom. The normalized spacial score (nSPS) is 13.4. The topological polar surface area (TPSA) is 34.2 Å². The zero-order chi connectivity index (χ0) is 13.1. The average molecular weight is 245 g/mol. The quantitative estimate of drug-likeness (QED) is 0.874. The largest absolute Gasteiger partial charge is 0.350 e. The van der Waals surface area contributed by atoms with Gasteiger partial charge in [-0.3, -0.25) is 0 Å². The molecule has 2 rings (SSSR count). The third-order valence-electron chi connectivity index (χ3n) is 3.34. The molecule has 0 radical (unpaired) electrons. The van der Waals surface area contributed by atoms with Crippen molar-refractivity contribution in [3.8, 4) is 0 Å². The van der Waals surface area contributed by atoms with Crippen LogP contribution in [0.2, 0.25) is 0 Å². The van der Waals surface area contributed by atoms with Gasteiger partial charge in [0.25, 0.3) is 0 Å². The number of aromatic nitrogens is 1. The lowest BCUT2D eigenvalue weighted by atomic mass is 10.1. The van der Waals surface area contributed by atoms with Crippen molar-refractivity contribution in [2.75, 3.05) is 20.1 Å². The van der Waals surface area contributed by atoms with E-state index in [2.05, 4.69) is 60.9 Å². The van der Waals surface area contributed by atoms with Crippen LogP contribution in [0.15, 0.2) is 30.5 Å². The third kappa shape index (κ3) is 2.92. The number of nitrogens with zero attached hydrogens (tertiary/aromatic N) is 2. The lowest BCUT2D eigenvalue weighted by Gasteiger charge is -2.18. The van der Waals surface area contributed by atoms with Crippen molar-refractivity contribution in [1.29, 1.82) is 0 Å². The van der Waals surface area contributed by atoms with E-state index in [1.807, 2.05) is 0 Å². The Hall–Kier alpha value is -1.32. The summed E-state index contributed by atoms with van der Waals surface area (Å²) in [6, 6.07) is 8.81. The first-order chi connectivity index (χ1) is 8.58. The maximum Gasteiger partial charge on any atom is 0.0480 e. The number of rotatable bonds is 5. The molecule has 18 heavy (non-hydrogen) atoms. The first-order valence-electron chi connectivity index (χ1n) is 6.55. The number of likely N-dealkylation sites (N-methyl/N-ethyl adjacent to an activating group) is 1. The molecule has 3 nitrogen and oxygen atoms in total. The Morgan fingerprint density at radius 3 is 2.78 bits per heavy atom. The molecule has 98 valence electrons. The summed E-state index contributed by atoms with van der Waals surface area (Å²) < 4.78 is 2.20.